The highest BCUT2D eigenvalue weighted by molar-refractivity contribution is 7.16. The zero-order valence-corrected chi connectivity index (χ0v) is 13.2. The predicted octanol–water partition coefficient (Wildman–Crippen LogP) is 2.38. The summed E-state index contributed by atoms with van der Waals surface area (Å²) in [5.41, 5.74) is 0.135. The maximum atomic E-state index is 11.3. The molecule has 1 aromatic heterocycles. The van der Waals surface area contributed by atoms with Crippen molar-refractivity contribution in [1.29, 1.82) is 0 Å². The number of rotatable bonds is 3. The molecular formula is C14H21N3O3S. The van der Waals surface area contributed by atoms with E-state index in [1.54, 1.807) is 6.92 Å². The molecule has 6 nitrogen and oxygen atoms in total. The van der Waals surface area contributed by atoms with E-state index in [0.29, 0.717) is 22.0 Å². The smallest absolute Gasteiger partial charge is 0.304 e. The van der Waals surface area contributed by atoms with E-state index in [4.69, 9.17) is 0 Å². The first-order valence-electron chi connectivity index (χ1n) is 7.40. The van der Waals surface area contributed by atoms with Gasteiger partial charge in [-0.05, 0) is 33.2 Å². The topological polar surface area (TPSA) is 69.8 Å². The molecule has 0 radical (unpaired) electrons. The molecule has 7 heteroatoms. The third-order valence-corrected chi connectivity index (χ3v) is 6.11. The Bertz CT molecular complexity index is 546. The Balaban J connectivity index is 1.91. The van der Waals surface area contributed by atoms with Crippen molar-refractivity contribution >= 4 is 22.0 Å². The van der Waals surface area contributed by atoms with E-state index < -0.39 is 6.10 Å². The Labute approximate surface area is 128 Å². The number of thiophene rings is 1. The van der Waals surface area contributed by atoms with E-state index in [0.717, 1.165) is 19.5 Å². The second-order valence-corrected chi connectivity index (χ2v) is 7.12. The van der Waals surface area contributed by atoms with Crippen molar-refractivity contribution in [2.24, 2.45) is 0 Å². The van der Waals surface area contributed by atoms with Gasteiger partial charge in [0.2, 0.25) is 0 Å². The van der Waals surface area contributed by atoms with Crippen LogP contribution in [0.4, 0.5) is 10.7 Å². The van der Waals surface area contributed by atoms with Crippen LogP contribution in [0.1, 0.15) is 37.2 Å². The number of fused-ring (bicyclic) bond motifs is 2. The Kier molecular flexibility index (Phi) is 3.90. The largest absolute Gasteiger partial charge is 0.388 e. The van der Waals surface area contributed by atoms with Crippen molar-refractivity contribution in [3.63, 3.8) is 0 Å². The van der Waals surface area contributed by atoms with Gasteiger partial charge in [-0.15, -0.1) is 11.3 Å². The summed E-state index contributed by atoms with van der Waals surface area (Å²) in [5.74, 6) is 0. The highest BCUT2D eigenvalue weighted by Crippen LogP contribution is 2.42. The molecule has 0 aliphatic carbocycles. The van der Waals surface area contributed by atoms with Crippen molar-refractivity contribution < 1.29 is 10.0 Å². The lowest BCUT2D eigenvalue weighted by Gasteiger charge is -2.25. The number of aliphatic hydroxyl groups is 1. The summed E-state index contributed by atoms with van der Waals surface area (Å²) in [5, 5.41) is 21.7. The summed E-state index contributed by atoms with van der Waals surface area (Å²) in [7, 11) is 2.16. The van der Waals surface area contributed by atoms with Crippen molar-refractivity contribution in [2.45, 2.75) is 44.4 Å². The summed E-state index contributed by atoms with van der Waals surface area (Å²) in [6.45, 7) is 3.34. The summed E-state index contributed by atoms with van der Waals surface area (Å²) in [4.78, 5) is 16.2. The predicted molar refractivity (Wildman–Crippen MR) is 83.0 cm³/mol. The fourth-order valence-electron chi connectivity index (χ4n) is 3.45. The van der Waals surface area contributed by atoms with Gasteiger partial charge in [0.25, 0.3) is 0 Å². The number of hydrogen-bond acceptors (Lipinski definition) is 6. The molecule has 0 aromatic carbocycles. The van der Waals surface area contributed by atoms with Gasteiger partial charge < -0.3 is 10.0 Å². The molecule has 0 amide bonds. The quantitative estimate of drug-likeness (QED) is 0.685. The van der Waals surface area contributed by atoms with Crippen LogP contribution in [0.3, 0.4) is 0 Å². The summed E-state index contributed by atoms with van der Waals surface area (Å²) in [6.07, 6.45) is 2.79. The van der Waals surface area contributed by atoms with Gasteiger partial charge >= 0.3 is 5.69 Å². The Hall–Kier alpha value is -1.18. The van der Waals surface area contributed by atoms with Crippen molar-refractivity contribution in [1.82, 2.24) is 4.90 Å². The molecule has 2 bridgehead atoms. The van der Waals surface area contributed by atoms with Crippen LogP contribution in [0.2, 0.25) is 0 Å². The highest BCUT2D eigenvalue weighted by Gasteiger charge is 2.37. The molecular weight excluding hydrogens is 290 g/mol. The molecule has 2 aliphatic rings. The van der Waals surface area contributed by atoms with Crippen molar-refractivity contribution in [3.05, 3.63) is 21.1 Å². The maximum Gasteiger partial charge on any atom is 0.304 e. The second kappa shape index (κ2) is 5.55. The SMILES string of the molecule is C[C@@H](O)c1cc([N+](=O)[O-])c(N2CCC3CCC(C2)N3C)s1. The molecule has 21 heavy (non-hydrogen) atoms. The van der Waals surface area contributed by atoms with Gasteiger partial charge in [-0.2, -0.15) is 0 Å². The van der Waals surface area contributed by atoms with Crippen LogP contribution in [0.25, 0.3) is 0 Å². The standard InChI is InChI=1S/C14H21N3O3S/c1-9(18)13-7-12(17(19)20)14(21-13)16-6-5-10-3-4-11(8-16)15(10)2/h7,9-11,18H,3-6,8H2,1-2H3/t9-,10?,11?/m1/s1. The fraction of sp³-hybridized carbons (Fsp3) is 0.714. The summed E-state index contributed by atoms with van der Waals surface area (Å²) >= 11 is 1.36. The summed E-state index contributed by atoms with van der Waals surface area (Å²) in [6, 6.07) is 2.61. The third-order valence-electron chi connectivity index (χ3n) is 4.76. The minimum atomic E-state index is -0.659. The first-order chi connectivity index (χ1) is 9.97. The number of nitrogens with zero attached hydrogens (tertiary/aromatic N) is 3. The molecule has 2 aliphatic heterocycles. The van der Waals surface area contributed by atoms with Gasteiger partial charge in [0.15, 0.2) is 5.00 Å². The van der Waals surface area contributed by atoms with E-state index in [1.807, 2.05) is 0 Å². The van der Waals surface area contributed by atoms with Crippen molar-refractivity contribution in [2.75, 3.05) is 25.0 Å². The molecule has 0 saturated carbocycles. The zero-order chi connectivity index (χ0) is 15.1. The van der Waals surface area contributed by atoms with Crippen LogP contribution in [-0.4, -0.2) is 47.2 Å². The van der Waals surface area contributed by atoms with Crippen LogP contribution in [0.15, 0.2) is 6.07 Å². The average molecular weight is 311 g/mol. The maximum absolute atomic E-state index is 11.3. The van der Waals surface area contributed by atoms with Gasteiger partial charge in [-0.25, -0.2) is 0 Å². The number of anilines is 1. The van der Waals surface area contributed by atoms with E-state index in [9.17, 15) is 15.2 Å². The van der Waals surface area contributed by atoms with Crippen LogP contribution >= 0.6 is 11.3 Å². The van der Waals surface area contributed by atoms with Crippen LogP contribution in [0.5, 0.6) is 0 Å². The number of aliphatic hydroxyl groups excluding tert-OH is 1. The average Bonchev–Trinajstić information content (AvgIpc) is 2.93. The minimum Gasteiger partial charge on any atom is -0.388 e. The number of nitro groups is 1. The van der Waals surface area contributed by atoms with E-state index in [-0.39, 0.29) is 10.6 Å². The first kappa shape index (κ1) is 14.7. The van der Waals surface area contributed by atoms with Gasteiger partial charge in [0.1, 0.15) is 0 Å². The molecule has 3 rings (SSSR count). The Morgan fingerprint density at radius 2 is 2.14 bits per heavy atom. The van der Waals surface area contributed by atoms with Gasteiger partial charge in [0.05, 0.1) is 11.0 Å². The lowest BCUT2D eigenvalue weighted by atomic mass is 10.1. The molecule has 0 spiro atoms. The fourth-order valence-corrected chi connectivity index (χ4v) is 4.54. The first-order valence-corrected chi connectivity index (χ1v) is 8.22. The number of hydrogen-bond donors (Lipinski definition) is 1. The Morgan fingerprint density at radius 3 is 2.81 bits per heavy atom. The third kappa shape index (κ3) is 2.65. The van der Waals surface area contributed by atoms with Gasteiger partial charge in [-0.3, -0.25) is 15.0 Å². The van der Waals surface area contributed by atoms with E-state index in [1.165, 1.54) is 30.2 Å². The lowest BCUT2D eigenvalue weighted by Crippen LogP contribution is -2.36. The Morgan fingerprint density at radius 1 is 1.43 bits per heavy atom. The molecule has 1 N–H and O–H groups in total. The molecule has 3 atom stereocenters. The van der Waals surface area contributed by atoms with Crippen molar-refractivity contribution in [3.8, 4) is 0 Å². The monoisotopic (exact) mass is 311 g/mol. The summed E-state index contributed by atoms with van der Waals surface area (Å²) < 4.78 is 0. The van der Waals surface area contributed by atoms with E-state index in [2.05, 4.69) is 16.8 Å². The molecule has 1 aromatic rings. The second-order valence-electron chi connectivity index (χ2n) is 6.06. The van der Waals surface area contributed by atoms with Crippen LogP contribution in [-0.2, 0) is 0 Å². The van der Waals surface area contributed by atoms with Gasteiger partial charge in [-0.1, -0.05) is 0 Å². The normalized spacial score (nSPS) is 27.7. The molecule has 2 unspecified atom stereocenters. The molecule has 2 fully saturated rings. The van der Waals surface area contributed by atoms with Gasteiger partial charge in [0, 0.05) is 36.1 Å². The zero-order valence-electron chi connectivity index (χ0n) is 12.4. The molecule has 116 valence electrons. The highest BCUT2D eigenvalue weighted by atomic mass is 32.1. The molecule has 3 heterocycles. The van der Waals surface area contributed by atoms with E-state index >= 15 is 0 Å². The molecule has 2 saturated heterocycles. The van der Waals surface area contributed by atoms with Crippen LogP contribution in [0, 0.1) is 10.1 Å². The minimum absolute atomic E-state index is 0.135. The lowest BCUT2D eigenvalue weighted by molar-refractivity contribution is -0.383. The number of likely N-dealkylation sites (N-methyl/N-ethyl adjacent to an activating group) is 1. The van der Waals surface area contributed by atoms with Crippen LogP contribution < -0.4 is 4.90 Å².